The Hall–Kier alpha value is -0.0600. The normalized spacial score (nSPS) is 55.2. The third kappa shape index (κ3) is 2.73. The number of hydrogen-bond acceptors (Lipinski definition) is 4. The molecule has 0 aromatic rings. The van der Waals surface area contributed by atoms with Gasteiger partial charge in [0.2, 0.25) is 0 Å². The summed E-state index contributed by atoms with van der Waals surface area (Å²) in [7, 11) is 0. The Bertz CT molecular complexity index is 551. The molecule has 4 aliphatic rings. The summed E-state index contributed by atoms with van der Waals surface area (Å²) in [6.07, 6.45) is 8.21. The van der Waals surface area contributed by atoms with Gasteiger partial charge in [-0.05, 0) is 85.9 Å². The molecular weight excluding hydrogens is 332 g/mol. The number of hydrogen-bond donors (Lipinski definition) is 2. The highest BCUT2D eigenvalue weighted by Gasteiger charge is 2.61. The van der Waals surface area contributed by atoms with Gasteiger partial charge in [0, 0.05) is 12.2 Å². The van der Waals surface area contributed by atoms with Gasteiger partial charge in [-0.3, -0.25) is 4.79 Å². The van der Waals surface area contributed by atoms with E-state index >= 15 is 0 Å². The van der Waals surface area contributed by atoms with Crippen molar-refractivity contribution < 1.29 is 15.0 Å². The van der Waals surface area contributed by atoms with Crippen LogP contribution in [0.25, 0.3) is 0 Å². The lowest BCUT2D eigenvalue weighted by atomic mass is 9.44. The monoisotopic (exact) mass is 366 g/mol. The van der Waals surface area contributed by atoms with Crippen LogP contribution in [0.1, 0.15) is 72.1 Å². The maximum Gasteiger partial charge on any atom is 0.186 e. The van der Waals surface area contributed by atoms with Crippen molar-refractivity contribution in [2.24, 2.45) is 34.5 Å². The molecule has 25 heavy (non-hydrogen) atoms. The maximum absolute atomic E-state index is 11.5. The highest BCUT2D eigenvalue weighted by atomic mass is 32.2. The van der Waals surface area contributed by atoms with Gasteiger partial charge in [0.15, 0.2) is 5.12 Å². The van der Waals surface area contributed by atoms with Gasteiger partial charge in [0.05, 0.1) is 12.2 Å². The summed E-state index contributed by atoms with van der Waals surface area (Å²) in [4.78, 5) is 11.5. The van der Waals surface area contributed by atoms with Crippen molar-refractivity contribution in [1.82, 2.24) is 0 Å². The van der Waals surface area contributed by atoms with E-state index in [0.717, 1.165) is 44.9 Å². The van der Waals surface area contributed by atoms with E-state index in [1.54, 1.807) is 6.92 Å². The van der Waals surface area contributed by atoms with E-state index < -0.39 is 0 Å². The molecule has 4 rings (SSSR count). The van der Waals surface area contributed by atoms with Gasteiger partial charge in [0.1, 0.15) is 0 Å². The third-order valence-corrected chi connectivity index (χ3v) is 10.0. The highest BCUT2D eigenvalue weighted by molar-refractivity contribution is 8.14. The van der Waals surface area contributed by atoms with Gasteiger partial charge in [-0.1, -0.05) is 25.6 Å². The summed E-state index contributed by atoms with van der Waals surface area (Å²) in [5, 5.41) is 22.2. The van der Waals surface area contributed by atoms with Crippen molar-refractivity contribution in [1.29, 1.82) is 0 Å². The van der Waals surface area contributed by atoms with Crippen molar-refractivity contribution in [3.63, 3.8) is 0 Å². The Kier molecular flexibility index (Phi) is 4.57. The Morgan fingerprint density at radius 3 is 2.32 bits per heavy atom. The predicted molar refractivity (Wildman–Crippen MR) is 101 cm³/mol. The van der Waals surface area contributed by atoms with Crippen LogP contribution < -0.4 is 0 Å². The molecule has 0 aliphatic heterocycles. The molecule has 3 nitrogen and oxygen atoms in total. The van der Waals surface area contributed by atoms with Crippen LogP contribution in [0, 0.1) is 34.5 Å². The summed E-state index contributed by atoms with van der Waals surface area (Å²) in [6, 6.07) is 0. The SMILES string of the molecule is CC(=O)SC1CC[C@@]2(C)C(C1)C(O)C[C@@H]1[C@H]2CC[C@]2(C)C(O)CC[C@@H]12. The molecule has 4 aliphatic carbocycles. The van der Waals surface area contributed by atoms with Gasteiger partial charge < -0.3 is 10.2 Å². The number of fused-ring (bicyclic) bond motifs is 5. The Balaban J connectivity index is 1.58. The first kappa shape index (κ1) is 18.3. The quantitative estimate of drug-likeness (QED) is 0.736. The van der Waals surface area contributed by atoms with Crippen molar-refractivity contribution in [2.75, 3.05) is 0 Å². The Labute approximate surface area is 156 Å². The smallest absolute Gasteiger partial charge is 0.186 e. The summed E-state index contributed by atoms with van der Waals surface area (Å²) in [5.41, 5.74) is 0.289. The van der Waals surface area contributed by atoms with Gasteiger partial charge in [-0.2, -0.15) is 0 Å². The molecule has 0 radical (unpaired) electrons. The van der Waals surface area contributed by atoms with Crippen LogP contribution in [0.5, 0.6) is 0 Å². The maximum atomic E-state index is 11.5. The minimum absolute atomic E-state index is 0.0752. The second-order valence-corrected chi connectivity index (χ2v) is 11.4. The van der Waals surface area contributed by atoms with Gasteiger partial charge in [0.25, 0.3) is 0 Å². The van der Waals surface area contributed by atoms with E-state index in [1.165, 1.54) is 18.2 Å². The number of carbonyl (C=O) groups is 1. The summed E-state index contributed by atoms with van der Waals surface area (Å²) >= 11 is 1.49. The molecule has 142 valence electrons. The van der Waals surface area contributed by atoms with Crippen LogP contribution in [-0.2, 0) is 4.79 Å². The molecule has 0 heterocycles. The zero-order valence-electron chi connectivity index (χ0n) is 15.9. The van der Waals surface area contributed by atoms with E-state index in [4.69, 9.17) is 0 Å². The van der Waals surface area contributed by atoms with E-state index in [1.807, 2.05) is 0 Å². The van der Waals surface area contributed by atoms with Crippen molar-refractivity contribution in [3.8, 4) is 0 Å². The molecule has 9 atom stereocenters. The van der Waals surface area contributed by atoms with Crippen LogP contribution in [0.15, 0.2) is 0 Å². The van der Waals surface area contributed by atoms with Crippen molar-refractivity contribution in [2.45, 2.75) is 89.6 Å². The molecule has 0 spiro atoms. The van der Waals surface area contributed by atoms with Gasteiger partial charge in [-0.15, -0.1) is 0 Å². The molecule has 0 saturated heterocycles. The topological polar surface area (TPSA) is 57.5 Å². The molecular formula is C21H34O3S. The van der Waals surface area contributed by atoms with Crippen LogP contribution in [0.4, 0.5) is 0 Å². The van der Waals surface area contributed by atoms with E-state index in [-0.39, 0.29) is 28.2 Å². The molecule has 4 heteroatoms. The zero-order chi connectivity index (χ0) is 18.0. The van der Waals surface area contributed by atoms with Crippen molar-refractivity contribution >= 4 is 16.9 Å². The second-order valence-electron chi connectivity index (χ2n) is 9.94. The predicted octanol–water partition coefficient (Wildman–Crippen LogP) is 4.01. The van der Waals surface area contributed by atoms with Gasteiger partial charge in [-0.25, -0.2) is 0 Å². The fourth-order valence-corrected chi connectivity index (χ4v) is 8.59. The van der Waals surface area contributed by atoms with E-state index in [0.29, 0.717) is 28.9 Å². The molecule has 4 saturated carbocycles. The largest absolute Gasteiger partial charge is 0.393 e. The number of aliphatic hydroxyl groups excluding tert-OH is 2. The minimum atomic E-state index is -0.235. The molecule has 4 unspecified atom stereocenters. The lowest BCUT2D eigenvalue weighted by Crippen LogP contribution is -2.58. The standard InChI is InChI=1S/C21H34O3S/c1-12(22)25-13-6-8-20(2)16-7-9-21(3)15(4-5-19(21)24)14(16)11-18(23)17(20)10-13/h13-19,23-24H,4-11H2,1-3H3/t13?,14-,15-,16+,17?,18?,19?,20+,21-/m0/s1. The number of rotatable bonds is 1. The Morgan fingerprint density at radius 1 is 0.920 bits per heavy atom. The highest BCUT2D eigenvalue weighted by Crippen LogP contribution is 2.66. The second kappa shape index (κ2) is 6.24. The first-order valence-corrected chi connectivity index (χ1v) is 11.2. The van der Waals surface area contributed by atoms with Crippen LogP contribution >= 0.6 is 11.8 Å². The van der Waals surface area contributed by atoms with Crippen LogP contribution in [-0.4, -0.2) is 32.8 Å². The zero-order valence-corrected chi connectivity index (χ0v) is 16.7. The summed E-state index contributed by atoms with van der Waals surface area (Å²) in [5.74, 6) is 2.18. The number of aliphatic hydroxyl groups is 2. The molecule has 4 fully saturated rings. The van der Waals surface area contributed by atoms with Crippen LogP contribution in [0.2, 0.25) is 0 Å². The average molecular weight is 367 g/mol. The van der Waals surface area contributed by atoms with E-state index in [2.05, 4.69) is 13.8 Å². The third-order valence-electron chi connectivity index (χ3n) is 8.91. The molecule has 2 N–H and O–H groups in total. The molecule has 0 aromatic heterocycles. The van der Waals surface area contributed by atoms with Gasteiger partial charge >= 0.3 is 0 Å². The molecule has 0 amide bonds. The van der Waals surface area contributed by atoms with Crippen molar-refractivity contribution in [3.05, 3.63) is 0 Å². The minimum Gasteiger partial charge on any atom is -0.393 e. The summed E-state index contributed by atoms with van der Waals surface area (Å²) in [6.45, 7) is 6.40. The fourth-order valence-electron chi connectivity index (χ4n) is 7.58. The number of carbonyl (C=O) groups excluding carboxylic acids is 1. The first-order valence-electron chi connectivity index (χ1n) is 10.3. The Morgan fingerprint density at radius 2 is 1.60 bits per heavy atom. The number of thioether (sulfide) groups is 1. The lowest BCUT2D eigenvalue weighted by Gasteiger charge is -2.62. The average Bonchev–Trinajstić information content (AvgIpc) is 2.84. The van der Waals surface area contributed by atoms with E-state index in [9.17, 15) is 15.0 Å². The lowest BCUT2D eigenvalue weighted by molar-refractivity contribution is -0.161. The summed E-state index contributed by atoms with van der Waals surface area (Å²) < 4.78 is 0. The molecule has 0 aromatic carbocycles. The first-order chi connectivity index (χ1) is 11.8. The van der Waals surface area contributed by atoms with Crippen LogP contribution in [0.3, 0.4) is 0 Å². The fraction of sp³-hybridized carbons (Fsp3) is 0.952. The molecule has 0 bridgehead atoms.